The molecule has 33 heavy (non-hydrogen) atoms. The van der Waals surface area contributed by atoms with Gasteiger partial charge in [-0.1, -0.05) is 18.5 Å². The lowest BCUT2D eigenvalue weighted by Crippen LogP contribution is -2.25. The summed E-state index contributed by atoms with van der Waals surface area (Å²) in [6, 6.07) is 10.9. The smallest absolute Gasteiger partial charge is 0.435 e. The van der Waals surface area contributed by atoms with E-state index in [1.165, 1.54) is 26.0 Å². The van der Waals surface area contributed by atoms with Crippen LogP contribution in [0, 0.1) is 23.0 Å². The predicted octanol–water partition coefficient (Wildman–Crippen LogP) is 5.84. The number of anilines is 1. The molecule has 3 aromatic rings. The quantitative estimate of drug-likeness (QED) is 0.337. The Morgan fingerprint density at radius 3 is 2.45 bits per heavy atom. The van der Waals surface area contributed by atoms with Crippen LogP contribution in [0.3, 0.4) is 0 Å². The average molecular weight is 483 g/mol. The minimum atomic E-state index is -4.59. The number of non-ortho nitro benzene ring substituents is 1. The number of nitro groups is 1. The molecule has 3 rings (SSSR count). The molecule has 0 aliphatic carbocycles. The van der Waals surface area contributed by atoms with Crippen LogP contribution in [0.4, 0.5) is 24.5 Å². The molecule has 1 heterocycles. The van der Waals surface area contributed by atoms with E-state index < -0.39 is 28.6 Å². The van der Waals surface area contributed by atoms with Gasteiger partial charge < -0.3 is 10.1 Å². The maximum absolute atomic E-state index is 12.9. The van der Waals surface area contributed by atoms with Crippen LogP contribution in [-0.4, -0.2) is 20.6 Å². The molecule has 0 aliphatic heterocycles. The van der Waals surface area contributed by atoms with Gasteiger partial charge in [0.15, 0.2) is 5.69 Å². The van der Waals surface area contributed by atoms with Crippen molar-refractivity contribution in [3.05, 3.63) is 75.1 Å². The van der Waals surface area contributed by atoms with Crippen LogP contribution in [0.1, 0.15) is 18.3 Å². The van der Waals surface area contributed by atoms with Crippen LogP contribution in [0.25, 0.3) is 0 Å². The van der Waals surface area contributed by atoms with E-state index in [1.54, 1.807) is 24.3 Å². The topological polar surface area (TPSA) is 99.3 Å². The Morgan fingerprint density at radius 2 is 1.88 bits per heavy atom. The van der Waals surface area contributed by atoms with Gasteiger partial charge in [0, 0.05) is 22.8 Å². The van der Waals surface area contributed by atoms with Crippen molar-refractivity contribution in [2.75, 3.05) is 5.32 Å². The number of ether oxygens (including phenoxy) is 1. The number of carbonyl (C=O) groups is 1. The number of nitrogens with zero attached hydrogens (tertiary/aromatic N) is 3. The van der Waals surface area contributed by atoms with Gasteiger partial charge in [-0.3, -0.25) is 19.6 Å². The highest BCUT2D eigenvalue weighted by atomic mass is 35.5. The lowest BCUT2D eigenvalue weighted by Gasteiger charge is -2.14. The molecule has 0 spiro atoms. The van der Waals surface area contributed by atoms with Crippen LogP contribution in [0.15, 0.2) is 48.5 Å². The number of aryl methyl sites for hydroxylation is 1. The molecule has 1 atom stereocenters. The fourth-order valence-electron chi connectivity index (χ4n) is 2.90. The van der Waals surface area contributed by atoms with E-state index in [1.807, 2.05) is 0 Å². The van der Waals surface area contributed by atoms with Crippen molar-refractivity contribution in [2.24, 2.45) is 5.92 Å². The molecule has 12 heteroatoms. The van der Waals surface area contributed by atoms with E-state index in [0.717, 1.165) is 16.8 Å². The Bertz CT molecular complexity index is 1180. The summed E-state index contributed by atoms with van der Waals surface area (Å²) >= 11 is 5.83. The van der Waals surface area contributed by atoms with Crippen LogP contribution in [0.2, 0.25) is 5.02 Å². The number of alkyl halides is 3. The minimum Gasteiger partial charge on any atom is -0.457 e. The predicted molar refractivity (Wildman–Crippen MR) is 114 cm³/mol. The van der Waals surface area contributed by atoms with Crippen molar-refractivity contribution in [3.63, 3.8) is 0 Å². The molecule has 0 bridgehead atoms. The van der Waals surface area contributed by atoms with Gasteiger partial charge in [-0.2, -0.15) is 18.3 Å². The van der Waals surface area contributed by atoms with Crippen molar-refractivity contribution < 1.29 is 27.6 Å². The van der Waals surface area contributed by atoms with Crippen molar-refractivity contribution in [3.8, 4) is 11.5 Å². The molecule has 1 N–H and O–H groups in total. The Balaban J connectivity index is 1.76. The Hall–Kier alpha value is -3.60. The van der Waals surface area contributed by atoms with Gasteiger partial charge in [0.05, 0.1) is 29.1 Å². The lowest BCUT2D eigenvalue weighted by molar-refractivity contribution is -0.384. The largest absolute Gasteiger partial charge is 0.457 e. The molecule has 1 aromatic heterocycles. The number of hydrogen-bond donors (Lipinski definition) is 1. The first-order chi connectivity index (χ1) is 15.4. The average Bonchev–Trinajstić information content (AvgIpc) is 3.10. The molecule has 0 saturated carbocycles. The van der Waals surface area contributed by atoms with Crippen LogP contribution in [0.5, 0.6) is 11.5 Å². The summed E-state index contributed by atoms with van der Waals surface area (Å²) in [6.45, 7) is 2.84. The second-order valence-electron chi connectivity index (χ2n) is 7.27. The summed E-state index contributed by atoms with van der Waals surface area (Å²) in [5.74, 6) is -0.867. The van der Waals surface area contributed by atoms with Gasteiger partial charge in [-0.25, -0.2) is 0 Å². The maximum atomic E-state index is 12.9. The number of carbonyl (C=O) groups excluding carboxylic acids is 1. The number of nitro benzene ring substituents is 1. The first-order valence-corrected chi connectivity index (χ1v) is 9.95. The lowest BCUT2D eigenvalue weighted by atomic mass is 10.1. The van der Waals surface area contributed by atoms with Crippen molar-refractivity contribution >= 4 is 28.9 Å². The van der Waals surface area contributed by atoms with E-state index in [-0.39, 0.29) is 29.4 Å². The molecule has 0 fully saturated rings. The molecule has 2 aromatic carbocycles. The highest BCUT2D eigenvalue weighted by Gasteiger charge is 2.34. The van der Waals surface area contributed by atoms with E-state index in [0.29, 0.717) is 10.8 Å². The summed E-state index contributed by atoms with van der Waals surface area (Å²) in [5, 5.41) is 17.8. The summed E-state index contributed by atoms with van der Waals surface area (Å²) in [4.78, 5) is 23.3. The van der Waals surface area contributed by atoms with Gasteiger partial charge in [-0.15, -0.1) is 0 Å². The summed E-state index contributed by atoms with van der Waals surface area (Å²) in [6.07, 6.45) is -4.59. The fraction of sp³-hybridized carbons (Fsp3) is 0.238. The zero-order valence-electron chi connectivity index (χ0n) is 17.4. The third-order valence-electron chi connectivity index (χ3n) is 4.58. The van der Waals surface area contributed by atoms with E-state index in [2.05, 4.69) is 10.4 Å². The first kappa shape index (κ1) is 24.1. The molecule has 0 saturated heterocycles. The maximum Gasteiger partial charge on any atom is 0.435 e. The van der Waals surface area contributed by atoms with Gasteiger partial charge >= 0.3 is 6.18 Å². The number of hydrogen-bond acceptors (Lipinski definition) is 5. The highest BCUT2D eigenvalue weighted by molar-refractivity contribution is 6.30. The van der Waals surface area contributed by atoms with Crippen molar-refractivity contribution in [1.82, 2.24) is 9.78 Å². The monoisotopic (exact) mass is 482 g/mol. The fourth-order valence-corrected chi connectivity index (χ4v) is 3.03. The Labute approximate surface area is 191 Å². The first-order valence-electron chi connectivity index (χ1n) is 9.58. The van der Waals surface area contributed by atoms with Crippen LogP contribution >= 0.6 is 11.6 Å². The summed E-state index contributed by atoms with van der Waals surface area (Å²) < 4.78 is 45.3. The number of benzene rings is 2. The van der Waals surface area contributed by atoms with Crippen LogP contribution in [-0.2, 0) is 17.5 Å². The van der Waals surface area contributed by atoms with E-state index in [4.69, 9.17) is 16.3 Å². The van der Waals surface area contributed by atoms with E-state index in [9.17, 15) is 28.1 Å². The van der Waals surface area contributed by atoms with E-state index >= 15 is 0 Å². The third-order valence-corrected chi connectivity index (χ3v) is 4.84. The van der Waals surface area contributed by atoms with Crippen molar-refractivity contribution in [2.45, 2.75) is 26.6 Å². The zero-order valence-corrected chi connectivity index (χ0v) is 18.1. The molecule has 0 radical (unpaired) electrons. The van der Waals surface area contributed by atoms with Gasteiger partial charge in [0.1, 0.15) is 11.5 Å². The molecular weight excluding hydrogens is 465 g/mol. The van der Waals surface area contributed by atoms with Gasteiger partial charge in [0.25, 0.3) is 5.69 Å². The van der Waals surface area contributed by atoms with Crippen LogP contribution < -0.4 is 10.1 Å². The second kappa shape index (κ2) is 9.49. The standard InChI is InChI=1S/C21H18ClF3N4O4/c1-12(11-28-13(2)7-19(27-28)21(23,24)25)20(30)26-15-8-16(29(31)32)10-18(9-15)33-17-5-3-14(22)4-6-17/h3-10,12H,11H2,1-2H3,(H,26,30). The Morgan fingerprint density at radius 1 is 1.21 bits per heavy atom. The number of nitrogens with one attached hydrogen (secondary N) is 1. The number of amides is 1. The van der Waals surface area contributed by atoms with Crippen molar-refractivity contribution in [1.29, 1.82) is 0 Å². The molecule has 174 valence electrons. The zero-order chi connectivity index (χ0) is 24.3. The van der Waals surface area contributed by atoms with Gasteiger partial charge in [-0.05, 0) is 37.3 Å². The highest BCUT2D eigenvalue weighted by Crippen LogP contribution is 2.31. The Kier molecular flexibility index (Phi) is 6.92. The molecular formula is C21H18ClF3N4O4. The summed E-state index contributed by atoms with van der Waals surface area (Å²) in [5.41, 5.74) is -1.02. The molecule has 1 amide bonds. The second-order valence-corrected chi connectivity index (χ2v) is 7.71. The molecule has 1 unspecified atom stereocenters. The SMILES string of the molecule is Cc1cc(C(F)(F)F)nn1CC(C)C(=O)Nc1cc(Oc2ccc(Cl)cc2)cc([N+](=O)[O-])c1. The molecule has 8 nitrogen and oxygen atoms in total. The normalized spacial score (nSPS) is 12.3. The number of aromatic nitrogens is 2. The third kappa shape index (κ3) is 6.22. The number of rotatable bonds is 7. The van der Waals surface area contributed by atoms with Gasteiger partial charge in [0.2, 0.25) is 5.91 Å². The summed E-state index contributed by atoms with van der Waals surface area (Å²) in [7, 11) is 0. The minimum absolute atomic E-state index is 0.0955. The number of halogens is 4. The molecule has 0 aliphatic rings.